The second kappa shape index (κ2) is 10.1. The van der Waals surface area contributed by atoms with E-state index in [1.54, 1.807) is 7.05 Å². The largest absolute Gasteiger partial charge is 0.417 e. The molecule has 2 heterocycles. The number of carbonyl (C=O) groups excluding carboxylic acids is 1. The van der Waals surface area contributed by atoms with Crippen LogP contribution in [-0.4, -0.2) is 31.1 Å². The van der Waals surface area contributed by atoms with Crippen molar-refractivity contribution in [2.24, 2.45) is 13.0 Å². The average Bonchev–Trinajstić information content (AvgIpc) is 3.22. The molecule has 1 saturated carbocycles. The first-order valence-corrected chi connectivity index (χ1v) is 11.1. The van der Waals surface area contributed by atoms with Crippen molar-refractivity contribution in [1.82, 2.24) is 25.2 Å². The van der Waals surface area contributed by atoms with Gasteiger partial charge in [-0.05, 0) is 65.8 Å². The van der Waals surface area contributed by atoms with E-state index in [0.717, 1.165) is 55.5 Å². The van der Waals surface area contributed by atoms with E-state index >= 15 is 0 Å². The number of allylic oxidation sites excluding steroid dienone is 2. The lowest BCUT2D eigenvalue weighted by Crippen LogP contribution is -2.26. The summed E-state index contributed by atoms with van der Waals surface area (Å²) in [7, 11) is 1.67. The fourth-order valence-corrected chi connectivity index (χ4v) is 4.04. The van der Waals surface area contributed by atoms with Gasteiger partial charge in [0.2, 0.25) is 11.9 Å². The molecule has 4 rings (SSSR count). The Morgan fingerprint density at radius 2 is 1.94 bits per heavy atom. The van der Waals surface area contributed by atoms with Crippen LogP contribution in [0.3, 0.4) is 0 Å². The SMILES string of the molecule is Cn1nnnc1NC(=O)C1CCC(=CCc2cccc(Cc3ccc(C(F)(F)F)cn3)c2)CC1. The van der Waals surface area contributed by atoms with Gasteiger partial charge in [-0.3, -0.25) is 15.1 Å². The van der Waals surface area contributed by atoms with Gasteiger partial charge in [0.15, 0.2) is 0 Å². The van der Waals surface area contributed by atoms with Crippen molar-refractivity contribution in [3.05, 3.63) is 76.6 Å². The van der Waals surface area contributed by atoms with E-state index in [1.165, 1.54) is 16.3 Å². The maximum atomic E-state index is 12.7. The summed E-state index contributed by atoms with van der Waals surface area (Å²) in [5, 5.41) is 13.8. The molecule has 178 valence electrons. The second-order valence-electron chi connectivity index (χ2n) is 8.49. The number of halogens is 3. The molecular formula is C24H25F3N6O. The van der Waals surface area contributed by atoms with Crippen molar-refractivity contribution in [3.8, 4) is 0 Å². The van der Waals surface area contributed by atoms with Crippen LogP contribution in [0.1, 0.15) is 48.1 Å². The Hall–Kier alpha value is -3.56. The minimum Gasteiger partial charge on any atom is -0.293 e. The Bertz CT molecular complexity index is 1160. The summed E-state index contributed by atoms with van der Waals surface area (Å²) in [6, 6.07) is 10.5. The molecule has 0 atom stereocenters. The molecule has 2 aromatic heterocycles. The Morgan fingerprint density at radius 1 is 1.18 bits per heavy atom. The molecule has 10 heteroatoms. The molecule has 0 radical (unpaired) electrons. The van der Waals surface area contributed by atoms with E-state index in [1.807, 2.05) is 18.2 Å². The zero-order chi connectivity index (χ0) is 24.1. The smallest absolute Gasteiger partial charge is 0.293 e. The van der Waals surface area contributed by atoms with Crippen LogP contribution in [0.4, 0.5) is 19.1 Å². The number of alkyl halides is 3. The molecule has 7 nitrogen and oxygen atoms in total. The fraction of sp³-hybridized carbons (Fsp3) is 0.375. The number of rotatable bonds is 6. The number of tetrazole rings is 1. The predicted octanol–water partition coefficient (Wildman–Crippen LogP) is 4.51. The Balaban J connectivity index is 1.29. The van der Waals surface area contributed by atoms with Gasteiger partial charge in [-0.2, -0.15) is 13.2 Å². The van der Waals surface area contributed by atoms with Crippen molar-refractivity contribution in [1.29, 1.82) is 0 Å². The van der Waals surface area contributed by atoms with E-state index in [0.29, 0.717) is 18.1 Å². The van der Waals surface area contributed by atoms with Crippen LogP contribution >= 0.6 is 0 Å². The van der Waals surface area contributed by atoms with E-state index in [-0.39, 0.29) is 11.8 Å². The predicted molar refractivity (Wildman–Crippen MR) is 120 cm³/mol. The number of anilines is 1. The lowest BCUT2D eigenvalue weighted by molar-refractivity contribution is -0.137. The first kappa shape index (κ1) is 23.6. The number of carbonyl (C=O) groups is 1. The minimum atomic E-state index is -4.38. The Morgan fingerprint density at radius 3 is 2.59 bits per heavy atom. The van der Waals surface area contributed by atoms with Crippen LogP contribution in [0.25, 0.3) is 0 Å². The molecular weight excluding hydrogens is 445 g/mol. The highest BCUT2D eigenvalue weighted by Crippen LogP contribution is 2.30. The van der Waals surface area contributed by atoms with E-state index < -0.39 is 11.7 Å². The maximum absolute atomic E-state index is 12.7. The zero-order valence-corrected chi connectivity index (χ0v) is 18.7. The third-order valence-corrected chi connectivity index (χ3v) is 6.01. The normalized spacial score (nSPS) is 16.4. The molecule has 34 heavy (non-hydrogen) atoms. The van der Waals surface area contributed by atoms with E-state index in [9.17, 15) is 18.0 Å². The van der Waals surface area contributed by atoms with Crippen LogP contribution in [0.15, 0.2) is 54.2 Å². The summed E-state index contributed by atoms with van der Waals surface area (Å²) in [5.41, 5.74) is 3.32. The summed E-state index contributed by atoms with van der Waals surface area (Å²) in [5.74, 6) is 0.229. The lowest BCUT2D eigenvalue weighted by Gasteiger charge is -2.23. The zero-order valence-electron chi connectivity index (χ0n) is 18.7. The molecule has 1 aliphatic rings. The summed E-state index contributed by atoms with van der Waals surface area (Å²) >= 11 is 0. The number of nitrogens with one attached hydrogen (secondary N) is 1. The van der Waals surface area contributed by atoms with Crippen molar-refractivity contribution >= 4 is 11.9 Å². The van der Waals surface area contributed by atoms with Gasteiger partial charge in [-0.15, -0.1) is 0 Å². The minimum absolute atomic E-state index is 0.0541. The van der Waals surface area contributed by atoms with Gasteiger partial charge < -0.3 is 0 Å². The molecule has 0 aliphatic heterocycles. The Labute approximate surface area is 195 Å². The van der Waals surface area contributed by atoms with Gasteiger partial charge in [0, 0.05) is 31.3 Å². The third kappa shape index (κ3) is 6.06. The first-order chi connectivity index (χ1) is 16.3. The standard InChI is InChI=1S/C24H25F3N6O/c1-33-23(30-31-32-33)29-22(34)19-9-7-16(8-10-19)5-6-17-3-2-4-18(13-17)14-21-12-11-20(15-28-21)24(25,26)27/h2-5,11-13,15,19H,6-10,14H2,1H3,(H,29,30,32,34). The number of nitrogens with zero attached hydrogens (tertiary/aromatic N) is 5. The number of pyridine rings is 1. The molecule has 1 amide bonds. The van der Waals surface area contributed by atoms with Crippen molar-refractivity contribution in [2.75, 3.05) is 5.32 Å². The van der Waals surface area contributed by atoms with Gasteiger partial charge in [-0.25, -0.2) is 4.68 Å². The number of hydrogen-bond donors (Lipinski definition) is 1. The molecule has 1 fully saturated rings. The number of amides is 1. The number of hydrogen-bond acceptors (Lipinski definition) is 5. The quantitative estimate of drug-likeness (QED) is 0.536. The second-order valence-corrected chi connectivity index (χ2v) is 8.49. The summed E-state index contributed by atoms with van der Waals surface area (Å²) in [6.07, 6.45) is 3.25. The number of aryl methyl sites for hydroxylation is 1. The van der Waals surface area contributed by atoms with Crippen LogP contribution in [0.2, 0.25) is 0 Å². The number of aromatic nitrogens is 5. The molecule has 0 unspecified atom stereocenters. The monoisotopic (exact) mass is 470 g/mol. The van der Waals surface area contributed by atoms with Crippen LogP contribution in [0, 0.1) is 5.92 Å². The van der Waals surface area contributed by atoms with E-state index in [2.05, 4.69) is 38.0 Å². The third-order valence-electron chi connectivity index (χ3n) is 6.01. The molecule has 1 aliphatic carbocycles. The van der Waals surface area contributed by atoms with Crippen molar-refractivity contribution in [2.45, 2.75) is 44.7 Å². The molecule has 3 aromatic rings. The van der Waals surface area contributed by atoms with Crippen molar-refractivity contribution in [3.63, 3.8) is 0 Å². The molecule has 1 N–H and O–H groups in total. The molecule has 1 aromatic carbocycles. The van der Waals surface area contributed by atoms with Crippen LogP contribution in [0.5, 0.6) is 0 Å². The van der Waals surface area contributed by atoms with E-state index in [4.69, 9.17) is 0 Å². The Kier molecular flexibility index (Phi) is 7.04. The summed E-state index contributed by atoms with van der Waals surface area (Å²) in [6.45, 7) is 0. The van der Waals surface area contributed by atoms with Gasteiger partial charge >= 0.3 is 6.18 Å². The highest BCUT2D eigenvalue weighted by molar-refractivity contribution is 5.91. The first-order valence-electron chi connectivity index (χ1n) is 11.1. The molecule has 0 saturated heterocycles. The van der Waals surface area contributed by atoms with Gasteiger partial charge in [0.25, 0.3) is 0 Å². The van der Waals surface area contributed by atoms with Gasteiger partial charge in [0.05, 0.1) is 5.56 Å². The fourth-order valence-electron chi connectivity index (χ4n) is 4.04. The molecule has 0 bridgehead atoms. The van der Waals surface area contributed by atoms with Gasteiger partial charge in [-0.1, -0.05) is 41.0 Å². The van der Waals surface area contributed by atoms with Crippen LogP contribution in [-0.2, 0) is 30.9 Å². The summed E-state index contributed by atoms with van der Waals surface area (Å²) in [4.78, 5) is 16.4. The highest BCUT2D eigenvalue weighted by Gasteiger charge is 2.30. The van der Waals surface area contributed by atoms with Crippen molar-refractivity contribution < 1.29 is 18.0 Å². The summed E-state index contributed by atoms with van der Waals surface area (Å²) < 4.78 is 39.6. The van der Waals surface area contributed by atoms with Crippen LogP contribution < -0.4 is 5.32 Å². The lowest BCUT2D eigenvalue weighted by atomic mass is 9.84. The number of benzene rings is 1. The maximum Gasteiger partial charge on any atom is 0.417 e. The van der Waals surface area contributed by atoms with Gasteiger partial charge in [0.1, 0.15) is 0 Å². The highest BCUT2D eigenvalue weighted by atomic mass is 19.4. The molecule has 0 spiro atoms. The topological polar surface area (TPSA) is 85.6 Å². The average molecular weight is 470 g/mol.